The highest BCUT2D eigenvalue weighted by Crippen LogP contribution is 2.52. The third-order valence-electron chi connectivity index (χ3n) is 2.80. The van der Waals surface area contributed by atoms with Crippen molar-refractivity contribution in [2.75, 3.05) is 11.5 Å². The van der Waals surface area contributed by atoms with E-state index in [1.54, 1.807) is 0 Å². The highest BCUT2D eigenvalue weighted by Gasteiger charge is 2.44. The summed E-state index contributed by atoms with van der Waals surface area (Å²) >= 11 is 3.98. The van der Waals surface area contributed by atoms with Crippen LogP contribution in [-0.2, 0) is 4.79 Å². The lowest BCUT2D eigenvalue weighted by Gasteiger charge is -2.27. The van der Waals surface area contributed by atoms with Gasteiger partial charge < -0.3 is 0 Å². The first-order valence-electron chi connectivity index (χ1n) is 4.53. The summed E-state index contributed by atoms with van der Waals surface area (Å²) in [6.45, 7) is 2.25. The molecule has 12 heavy (non-hydrogen) atoms. The van der Waals surface area contributed by atoms with Crippen LogP contribution in [-0.4, -0.2) is 21.4 Å². The molecule has 0 aromatic heterocycles. The molecule has 0 aromatic rings. The Labute approximate surface area is 82.1 Å². The molecule has 1 heterocycles. The van der Waals surface area contributed by atoms with Crippen LogP contribution in [0.3, 0.4) is 0 Å². The second-order valence-corrected chi connectivity index (χ2v) is 6.97. The lowest BCUT2D eigenvalue weighted by Crippen LogP contribution is -2.28. The van der Waals surface area contributed by atoms with E-state index in [4.69, 9.17) is 0 Å². The smallest absolute Gasteiger partial charge is 0.138 e. The lowest BCUT2D eigenvalue weighted by atomic mass is 10.0. The Hall–Kier alpha value is 0.370. The Morgan fingerprint density at radius 1 is 1.42 bits per heavy atom. The zero-order valence-corrected chi connectivity index (χ0v) is 8.97. The fraction of sp³-hybridized carbons (Fsp3) is 0.889. The summed E-state index contributed by atoms with van der Waals surface area (Å²) < 4.78 is 0.230. The summed E-state index contributed by atoms with van der Waals surface area (Å²) in [6, 6.07) is 0. The second kappa shape index (κ2) is 3.26. The molecule has 1 aliphatic heterocycles. The molecule has 68 valence electrons. The molecule has 0 spiro atoms. The number of ketones is 1. The first-order chi connectivity index (χ1) is 5.72. The van der Waals surface area contributed by atoms with Gasteiger partial charge in [0.15, 0.2) is 0 Å². The standard InChI is InChI=1S/C9H14OS2/c1-9(11-5-6-12-9)7-3-2-4-8(7)10/h7H,2-6H2,1H3. The monoisotopic (exact) mass is 202 g/mol. The third kappa shape index (κ3) is 1.41. The van der Waals surface area contributed by atoms with Crippen molar-refractivity contribution in [3.63, 3.8) is 0 Å². The van der Waals surface area contributed by atoms with Crippen molar-refractivity contribution >= 4 is 29.3 Å². The molecule has 1 saturated heterocycles. The van der Waals surface area contributed by atoms with Crippen LogP contribution in [0.1, 0.15) is 26.2 Å². The molecule has 1 atom stereocenters. The van der Waals surface area contributed by atoms with Crippen molar-refractivity contribution in [2.45, 2.75) is 30.3 Å². The molecular formula is C9H14OS2. The van der Waals surface area contributed by atoms with E-state index in [1.165, 1.54) is 11.5 Å². The Morgan fingerprint density at radius 3 is 2.58 bits per heavy atom. The maximum absolute atomic E-state index is 11.5. The van der Waals surface area contributed by atoms with E-state index in [9.17, 15) is 4.79 Å². The van der Waals surface area contributed by atoms with Crippen LogP contribution in [0.25, 0.3) is 0 Å². The van der Waals surface area contributed by atoms with Gasteiger partial charge in [0.25, 0.3) is 0 Å². The summed E-state index contributed by atoms with van der Waals surface area (Å²) in [7, 11) is 0. The van der Waals surface area contributed by atoms with Crippen molar-refractivity contribution in [3.8, 4) is 0 Å². The number of thioether (sulfide) groups is 2. The van der Waals surface area contributed by atoms with E-state index in [-0.39, 0.29) is 4.08 Å². The van der Waals surface area contributed by atoms with Crippen LogP contribution < -0.4 is 0 Å². The zero-order valence-electron chi connectivity index (χ0n) is 7.34. The van der Waals surface area contributed by atoms with Gasteiger partial charge in [0.05, 0.1) is 4.08 Å². The molecule has 1 saturated carbocycles. The number of rotatable bonds is 1. The zero-order chi connectivity index (χ0) is 8.60. The molecule has 0 bridgehead atoms. The average molecular weight is 202 g/mol. The molecule has 0 N–H and O–H groups in total. The topological polar surface area (TPSA) is 17.1 Å². The van der Waals surface area contributed by atoms with Gasteiger partial charge in [0.1, 0.15) is 5.78 Å². The minimum Gasteiger partial charge on any atom is -0.299 e. The Bertz CT molecular complexity index is 197. The highest BCUT2D eigenvalue weighted by molar-refractivity contribution is 8.21. The van der Waals surface area contributed by atoms with Crippen LogP contribution in [0.2, 0.25) is 0 Å². The van der Waals surface area contributed by atoms with E-state index in [0.29, 0.717) is 11.7 Å². The van der Waals surface area contributed by atoms with Crippen molar-refractivity contribution < 1.29 is 4.79 Å². The highest BCUT2D eigenvalue weighted by atomic mass is 32.2. The van der Waals surface area contributed by atoms with E-state index < -0.39 is 0 Å². The molecule has 1 aliphatic carbocycles. The molecule has 1 nitrogen and oxygen atoms in total. The minimum absolute atomic E-state index is 0.230. The van der Waals surface area contributed by atoms with Crippen LogP contribution in [0.4, 0.5) is 0 Å². The first-order valence-corrected chi connectivity index (χ1v) is 6.50. The summed E-state index contributed by atoms with van der Waals surface area (Å²) in [5, 5.41) is 0. The molecule has 0 amide bonds. The van der Waals surface area contributed by atoms with Gasteiger partial charge in [0, 0.05) is 23.8 Å². The van der Waals surface area contributed by atoms with Gasteiger partial charge >= 0.3 is 0 Å². The van der Waals surface area contributed by atoms with Gasteiger partial charge in [-0.15, -0.1) is 23.5 Å². The molecule has 2 aliphatic rings. The van der Waals surface area contributed by atoms with Crippen molar-refractivity contribution in [2.24, 2.45) is 5.92 Å². The van der Waals surface area contributed by atoms with E-state index >= 15 is 0 Å². The Morgan fingerprint density at radius 2 is 2.08 bits per heavy atom. The lowest BCUT2D eigenvalue weighted by molar-refractivity contribution is -0.120. The number of hydrogen-bond donors (Lipinski definition) is 0. The Balaban J connectivity index is 2.11. The van der Waals surface area contributed by atoms with E-state index in [1.807, 2.05) is 23.5 Å². The maximum atomic E-state index is 11.5. The fourth-order valence-corrected chi connectivity index (χ4v) is 5.31. The predicted molar refractivity (Wildman–Crippen MR) is 55.7 cm³/mol. The molecule has 3 heteroatoms. The molecule has 2 rings (SSSR count). The average Bonchev–Trinajstić information content (AvgIpc) is 2.59. The van der Waals surface area contributed by atoms with Crippen LogP contribution >= 0.6 is 23.5 Å². The maximum Gasteiger partial charge on any atom is 0.138 e. The fourth-order valence-electron chi connectivity index (χ4n) is 2.10. The number of hydrogen-bond acceptors (Lipinski definition) is 3. The molecule has 0 aromatic carbocycles. The van der Waals surface area contributed by atoms with E-state index in [0.717, 1.165) is 19.3 Å². The normalized spacial score (nSPS) is 34.4. The largest absolute Gasteiger partial charge is 0.299 e. The number of Topliss-reactive ketones (excluding diaryl/α,β-unsaturated/α-hetero) is 1. The molecule has 2 fully saturated rings. The van der Waals surface area contributed by atoms with Gasteiger partial charge in [-0.25, -0.2) is 0 Å². The first kappa shape index (κ1) is 8.95. The van der Waals surface area contributed by atoms with Crippen molar-refractivity contribution in [1.29, 1.82) is 0 Å². The third-order valence-corrected chi connectivity index (χ3v) is 6.30. The van der Waals surface area contributed by atoms with Crippen molar-refractivity contribution in [1.82, 2.24) is 0 Å². The summed E-state index contributed by atoms with van der Waals surface area (Å²) in [6.07, 6.45) is 3.09. The van der Waals surface area contributed by atoms with Crippen LogP contribution in [0.5, 0.6) is 0 Å². The van der Waals surface area contributed by atoms with Crippen molar-refractivity contribution in [3.05, 3.63) is 0 Å². The summed E-state index contributed by atoms with van der Waals surface area (Å²) in [4.78, 5) is 11.5. The van der Waals surface area contributed by atoms with Crippen LogP contribution in [0, 0.1) is 5.92 Å². The summed E-state index contributed by atoms with van der Waals surface area (Å²) in [5.74, 6) is 3.32. The predicted octanol–water partition coefficient (Wildman–Crippen LogP) is 2.55. The van der Waals surface area contributed by atoms with Crippen LogP contribution in [0.15, 0.2) is 0 Å². The van der Waals surface area contributed by atoms with Gasteiger partial charge in [-0.1, -0.05) is 0 Å². The van der Waals surface area contributed by atoms with Gasteiger partial charge in [-0.2, -0.15) is 0 Å². The minimum atomic E-state index is 0.230. The van der Waals surface area contributed by atoms with Gasteiger partial charge in [-0.3, -0.25) is 4.79 Å². The molecular weight excluding hydrogens is 188 g/mol. The SMILES string of the molecule is CC1(C2CCCC2=O)SCCS1. The number of carbonyl (C=O) groups is 1. The van der Waals surface area contributed by atoms with E-state index in [2.05, 4.69) is 6.92 Å². The van der Waals surface area contributed by atoms with Gasteiger partial charge in [-0.05, 0) is 19.8 Å². The Kier molecular flexibility index (Phi) is 2.43. The second-order valence-electron chi connectivity index (χ2n) is 3.62. The van der Waals surface area contributed by atoms with Gasteiger partial charge in [0.2, 0.25) is 0 Å². The summed E-state index contributed by atoms with van der Waals surface area (Å²) in [5.41, 5.74) is 0. The number of carbonyl (C=O) groups excluding carboxylic acids is 1. The molecule has 0 radical (unpaired) electrons. The quantitative estimate of drug-likeness (QED) is 0.650. The molecule has 1 unspecified atom stereocenters.